The number of alkyl halides is 3. The third-order valence-electron chi connectivity index (χ3n) is 6.14. The lowest BCUT2D eigenvalue weighted by Gasteiger charge is -2.38. The maximum absolute atomic E-state index is 13.6. The molecule has 3 aromatic carbocycles. The van der Waals surface area contributed by atoms with Gasteiger partial charge in [0.1, 0.15) is 0 Å². The second-order valence-corrected chi connectivity index (χ2v) is 8.37. The standard InChI is InChI=1S/C28H28F3NO5/c1-5-36-24-13-18-14-26(33)32(20-9-7-8-19(15-20)28(29,30)31)27(21(18)16-25(24)37-6-2)17-10-11-22(34-3)23(12-17)35-4/h7-13,15-16,27H,5-6,14H2,1-4H3. The van der Waals surface area contributed by atoms with E-state index < -0.39 is 17.8 Å². The predicted octanol–water partition coefficient (Wildman–Crippen LogP) is 6.20. The molecule has 196 valence electrons. The Morgan fingerprint density at radius 1 is 0.865 bits per heavy atom. The maximum atomic E-state index is 13.6. The van der Waals surface area contributed by atoms with Crippen LogP contribution in [0, 0.1) is 0 Å². The number of amides is 1. The van der Waals surface area contributed by atoms with Crippen LogP contribution in [0.2, 0.25) is 0 Å². The van der Waals surface area contributed by atoms with Crippen molar-refractivity contribution in [2.24, 2.45) is 0 Å². The molecular weight excluding hydrogens is 487 g/mol. The van der Waals surface area contributed by atoms with E-state index in [9.17, 15) is 18.0 Å². The summed E-state index contributed by atoms with van der Waals surface area (Å²) in [5.74, 6) is 1.57. The van der Waals surface area contributed by atoms with Crippen molar-refractivity contribution in [3.05, 3.63) is 76.9 Å². The molecule has 9 heteroatoms. The predicted molar refractivity (Wildman–Crippen MR) is 133 cm³/mol. The fourth-order valence-corrected chi connectivity index (χ4v) is 4.57. The Morgan fingerprint density at radius 3 is 2.16 bits per heavy atom. The number of ether oxygens (including phenoxy) is 4. The minimum atomic E-state index is -4.56. The first kappa shape index (κ1) is 26.2. The van der Waals surface area contributed by atoms with Crippen LogP contribution in [-0.2, 0) is 17.4 Å². The molecule has 1 atom stereocenters. The summed E-state index contributed by atoms with van der Waals surface area (Å²) < 4.78 is 63.1. The highest BCUT2D eigenvalue weighted by molar-refractivity contribution is 5.98. The Labute approximate surface area is 213 Å². The zero-order valence-corrected chi connectivity index (χ0v) is 21.0. The molecule has 0 N–H and O–H groups in total. The largest absolute Gasteiger partial charge is 0.493 e. The molecule has 0 aromatic heterocycles. The molecule has 0 saturated carbocycles. The molecule has 3 aromatic rings. The van der Waals surface area contributed by atoms with Crippen molar-refractivity contribution in [3.8, 4) is 23.0 Å². The van der Waals surface area contributed by atoms with Gasteiger partial charge >= 0.3 is 6.18 Å². The molecule has 0 spiro atoms. The number of hydrogen-bond acceptors (Lipinski definition) is 5. The first-order valence-electron chi connectivity index (χ1n) is 11.8. The lowest BCUT2D eigenvalue weighted by Crippen LogP contribution is -2.41. The Hall–Kier alpha value is -3.88. The molecule has 6 nitrogen and oxygen atoms in total. The van der Waals surface area contributed by atoms with Gasteiger partial charge < -0.3 is 23.8 Å². The van der Waals surface area contributed by atoms with Crippen molar-refractivity contribution in [1.29, 1.82) is 0 Å². The van der Waals surface area contributed by atoms with Crippen molar-refractivity contribution >= 4 is 11.6 Å². The molecule has 1 amide bonds. The Kier molecular flexibility index (Phi) is 7.52. The number of nitrogens with zero attached hydrogens (tertiary/aromatic N) is 1. The fraction of sp³-hybridized carbons (Fsp3) is 0.321. The monoisotopic (exact) mass is 515 g/mol. The van der Waals surface area contributed by atoms with Crippen LogP contribution in [0.5, 0.6) is 23.0 Å². The van der Waals surface area contributed by atoms with Gasteiger partial charge in [-0.2, -0.15) is 13.2 Å². The van der Waals surface area contributed by atoms with Crippen molar-refractivity contribution in [2.75, 3.05) is 32.3 Å². The van der Waals surface area contributed by atoms with Gasteiger partial charge in [0.2, 0.25) is 5.91 Å². The van der Waals surface area contributed by atoms with Crippen LogP contribution in [0.25, 0.3) is 0 Å². The molecule has 1 heterocycles. The first-order chi connectivity index (χ1) is 17.7. The van der Waals surface area contributed by atoms with Gasteiger partial charge in [-0.15, -0.1) is 0 Å². The zero-order chi connectivity index (χ0) is 26.7. The first-order valence-corrected chi connectivity index (χ1v) is 11.8. The highest BCUT2D eigenvalue weighted by Crippen LogP contribution is 2.45. The van der Waals surface area contributed by atoms with Gasteiger partial charge in [-0.25, -0.2) is 0 Å². The minimum Gasteiger partial charge on any atom is -0.493 e. The summed E-state index contributed by atoms with van der Waals surface area (Å²) in [4.78, 5) is 15.0. The number of benzene rings is 3. The van der Waals surface area contributed by atoms with E-state index in [4.69, 9.17) is 18.9 Å². The normalized spacial score (nSPS) is 15.3. The lowest BCUT2D eigenvalue weighted by molar-refractivity contribution is -0.137. The topological polar surface area (TPSA) is 57.2 Å². The number of rotatable bonds is 8. The summed E-state index contributed by atoms with van der Waals surface area (Å²) >= 11 is 0. The second-order valence-electron chi connectivity index (χ2n) is 8.37. The van der Waals surface area contributed by atoms with Crippen LogP contribution in [-0.4, -0.2) is 33.3 Å². The van der Waals surface area contributed by atoms with Crippen LogP contribution in [0.4, 0.5) is 18.9 Å². The van der Waals surface area contributed by atoms with Crippen LogP contribution < -0.4 is 23.8 Å². The van der Waals surface area contributed by atoms with Gasteiger partial charge in [-0.3, -0.25) is 4.79 Å². The molecule has 4 rings (SSSR count). The SMILES string of the molecule is CCOc1cc2c(cc1OCC)C(c1ccc(OC)c(OC)c1)N(c1cccc(C(F)(F)F)c1)C(=O)C2. The third kappa shape index (κ3) is 5.16. The van der Waals surface area contributed by atoms with Crippen LogP contribution in [0.15, 0.2) is 54.6 Å². The molecule has 0 radical (unpaired) electrons. The summed E-state index contributed by atoms with van der Waals surface area (Å²) in [5.41, 5.74) is 1.36. The quantitative estimate of drug-likeness (QED) is 0.358. The number of carbonyl (C=O) groups excluding carboxylic acids is 1. The summed E-state index contributed by atoms with van der Waals surface area (Å²) in [6.07, 6.45) is -4.57. The van der Waals surface area contributed by atoms with E-state index in [-0.39, 0.29) is 18.0 Å². The number of anilines is 1. The summed E-state index contributed by atoms with van der Waals surface area (Å²) in [6, 6.07) is 12.8. The molecule has 0 bridgehead atoms. The molecule has 1 aliphatic heterocycles. The molecular formula is C28H28F3NO5. The fourth-order valence-electron chi connectivity index (χ4n) is 4.57. The summed E-state index contributed by atoms with van der Waals surface area (Å²) in [5, 5.41) is 0. The van der Waals surface area contributed by atoms with E-state index in [1.54, 1.807) is 30.3 Å². The molecule has 1 aliphatic rings. The van der Waals surface area contributed by atoms with Gasteiger partial charge in [0.15, 0.2) is 23.0 Å². The van der Waals surface area contributed by atoms with Crippen molar-refractivity contribution in [3.63, 3.8) is 0 Å². The van der Waals surface area contributed by atoms with Crippen molar-refractivity contribution in [2.45, 2.75) is 32.5 Å². The zero-order valence-electron chi connectivity index (χ0n) is 21.0. The maximum Gasteiger partial charge on any atom is 0.416 e. The van der Waals surface area contributed by atoms with Crippen LogP contribution >= 0.6 is 0 Å². The molecule has 1 unspecified atom stereocenters. The number of carbonyl (C=O) groups is 1. The van der Waals surface area contributed by atoms with E-state index in [2.05, 4.69) is 0 Å². The van der Waals surface area contributed by atoms with Gasteiger partial charge in [-0.05, 0) is 73.0 Å². The molecule has 0 saturated heterocycles. The van der Waals surface area contributed by atoms with Crippen LogP contribution in [0.3, 0.4) is 0 Å². The number of fused-ring (bicyclic) bond motifs is 1. The lowest BCUT2D eigenvalue weighted by atomic mass is 9.86. The van der Waals surface area contributed by atoms with E-state index in [1.807, 2.05) is 13.8 Å². The van der Waals surface area contributed by atoms with Crippen molar-refractivity contribution in [1.82, 2.24) is 0 Å². The Morgan fingerprint density at radius 2 is 1.54 bits per heavy atom. The third-order valence-corrected chi connectivity index (χ3v) is 6.14. The smallest absolute Gasteiger partial charge is 0.416 e. The van der Waals surface area contributed by atoms with E-state index in [0.29, 0.717) is 47.3 Å². The van der Waals surface area contributed by atoms with Gasteiger partial charge in [0.25, 0.3) is 0 Å². The second kappa shape index (κ2) is 10.6. The minimum absolute atomic E-state index is 0.0121. The Balaban J connectivity index is 1.96. The van der Waals surface area contributed by atoms with Gasteiger partial charge in [0.05, 0.1) is 45.5 Å². The highest BCUT2D eigenvalue weighted by Gasteiger charge is 2.38. The number of methoxy groups -OCH3 is 2. The van der Waals surface area contributed by atoms with Gasteiger partial charge in [0, 0.05) is 5.69 Å². The van der Waals surface area contributed by atoms with E-state index in [1.165, 1.54) is 31.3 Å². The number of halogens is 3. The average molecular weight is 516 g/mol. The van der Waals surface area contributed by atoms with Crippen molar-refractivity contribution < 1.29 is 36.9 Å². The molecule has 0 aliphatic carbocycles. The van der Waals surface area contributed by atoms with E-state index >= 15 is 0 Å². The van der Waals surface area contributed by atoms with Gasteiger partial charge in [-0.1, -0.05) is 12.1 Å². The molecule has 0 fully saturated rings. The summed E-state index contributed by atoms with van der Waals surface area (Å²) in [7, 11) is 3.00. The Bertz CT molecular complexity index is 1290. The van der Waals surface area contributed by atoms with Crippen LogP contribution in [0.1, 0.15) is 42.1 Å². The average Bonchev–Trinajstić information content (AvgIpc) is 2.88. The number of hydrogen-bond donors (Lipinski definition) is 0. The molecule has 37 heavy (non-hydrogen) atoms. The highest BCUT2D eigenvalue weighted by atomic mass is 19.4. The van der Waals surface area contributed by atoms with E-state index in [0.717, 1.165) is 17.7 Å². The summed E-state index contributed by atoms with van der Waals surface area (Å²) in [6.45, 7) is 4.49.